The Bertz CT molecular complexity index is 678. The van der Waals surface area contributed by atoms with Gasteiger partial charge in [-0.25, -0.2) is 0 Å². The molecule has 0 aliphatic heterocycles. The van der Waals surface area contributed by atoms with Crippen molar-refractivity contribution >= 4 is 0 Å². The lowest BCUT2D eigenvalue weighted by Gasteiger charge is -2.18. The third-order valence-electron chi connectivity index (χ3n) is 4.41. The Labute approximate surface area is 150 Å². The first-order chi connectivity index (χ1) is 12.1. The minimum Gasteiger partial charge on any atom is -0.492 e. The van der Waals surface area contributed by atoms with Crippen molar-refractivity contribution in [3.05, 3.63) is 64.1 Å². The molecule has 1 heterocycles. The third-order valence-corrected chi connectivity index (χ3v) is 4.41. The minimum absolute atomic E-state index is 0.0719. The van der Waals surface area contributed by atoms with Gasteiger partial charge in [0.2, 0.25) is 5.56 Å². The number of hydrogen-bond acceptors (Lipinski definition) is 4. The molecular formula is C20H29N3O2. The Morgan fingerprint density at radius 3 is 2.52 bits per heavy atom. The van der Waals surface area contributed by atoms with E-state index in [-0.39, 0.29) is 11.6 Å². The van der Waals surface area contributed by atoms with Gasteiger partial charge in [-0.3, -0.25) is 4.79 Å². The van der Waals surface area contributed by atoms with Gasteiger partial charge in [0.1, 0.15) is 12.4 Å². The number of ether oxygens (including phenoxy) is 1. The standard InChI is InChI=1S/C20H29N3O2/c1-4-23(5-2)12-13-25-19-8-6-17(7-9-19)15-22-16(3)18-10-11-21-20(24)14-18/h6-11,14,16,22H,4-5,12-13,15H2,1-3H3,(H,21,24). The van der Waals surface area contributed by atoms with Crippen LogP contribution in [0.25, 0.3) is 0 Å². The second-order valence-electron chi connectivity index (χ2n) is 6.11. The van der Waals surface area contributed by atoms with Gasteiger partial charge in [-0.15, -0.1) is 0 Å². The molecule has 0 saturated heterocycles. The number of nitrogens with one attached hydrogen (secondary N) is 2. The van der Waals surface area contributed by atoms with Crippen LogP contribution in [0.15, 0.2) is 47.4 Å². The number of benzene rings is 1. The summed E-state index contributed by atoms with van der Waals surface area (Å²) in [6, 6.07) is 11.8. The SMILES string of the molecule is CCN(CC)CCOc1ccc(CNC(C)c2cc[nH]c(=O)c2)cc1. The number of rotatable bonds is 10. The van der Waals surface area contributed by atoms with Gasteiger partial charge in [-0.2, -0.15) is 0 Å². The first-order valence-electron chi connectivity index (χ1n) is 8.98. The molecule has 2 aromatic rings. The zero-order chi connectivity index (χ0) is 18.1. The lowest BCUT2D eigenvalue weighted by atomic mass is 10.1. The molecule has 0 aliphatic rings. The first-order valence-corrected chi connectivity index (χ1v) is 8.98. The largest absolute Gasteiger partial charge is 0.492 e. The molecule has 0 bridgehead atoms. The summed E-state index contributed by atoms with van der Waals surface area (Å²) in [5.41, 5.74) is 2.10. The number of likely N-dealkylation sites (N-methyl/N-ethyl adjacent to an activating group) is 1. The highest BCUT2D eigenvalue weighted by Crippen LogP contribution is 2.14. The number of nitrogens with zero attached hydrogens (tertiary/aromatic N) is 1. The van der Waals surface area contributed by atoms with Crippen molar-refractivity contribution in [1.29, 1.82) is 0 Å². The molecule has 0 radical (unpaired) electrons. The fourth-order valence-corrected chi connectivity index (χ4v) is 2.66. The van der Waals surface area contributed by atoms with Crippen LogP contribution >= 0.6 is 0 Å². The fraction of sp³-hybridized carbons (Fsp3) is 0.450. The van der Waals surface area contributed by atoms with Crippen LogP contribution in [0.4, 0.5) is 0 Å². The Hall–Kier alpha value is -2.11. The molecule has 1 aromatic carbocycles. The number of hydrogen-bond donors (Lipinski definition) is 2. The van der Waals surface area contributed by atoms with E-state index in [1.807, 2.05) is 18.2 Å². The second kappa shape index (κ2) is 10.0. The smallest absolute Gasteiger partial charge is 0.248 e. The predicted octanol–water partition coefficient (Wildman–Crippen LogP) is 2.95. The summed E-state index contributed by atoms with van der Waals surface area (Å²) in [4.78, 5) is 16.4. The van der Waals surface area contributed by atoms with Crippen molar-refractivity contribution < 1.29 is 4.74 Å². The quantitative estimate of drug-likeness (QED) is 0.696. The normalized spacial score (nSPS) is 12.3. The molecule has 25 heavy (non-hydrogen) atoms. The van der Waals surface area contributed by atoms with Gasteiger partial charge in [0.05, 0.1) is 0 Å². The zero-order valence-corrected chi connectivity index (χ0v) is 15.4. The molecule has 2 N–H and O–H groups in total. The molecular weight excluding hydrogens is 314 g/mol. The maximum Gasteiger partial charge on any atom is 0.248 e. The van der Waals surface area contributed by atoms with Gasteiger partial charge in [0.15, 0.2) is 0 Å². The van der Waals surface area contributed by atoms with Crippen LogP contribution in [0.3, 0.4) is 0 Å². The Morgan fingerprint density at radius 1 is 1.16 bits per heavy atom. The van der Waals surface area contributed by atoms with Gasteiger partial charge in [-0.1, -0.05) is 26.0 Å². The Kier molecular flexibility index (Phi) is 7.70. The van der Waals surface area contributed by atoms with Crippen molar-refractivity contribution in [1.82, 2.24) is 15.2 Å². The van der Waals surface area contributed by atoms with E-state index < -0.39 is 0 Å². The number of aromatic nitrogens is 1. The van der Waals surface area contributed by atoms with Crippen LogP contribution < -0.4 is 15.6 Å². The summed E-state index contributed by atoms with van der Waals surface area (Å²) >= 11 is 0. The molecule has 0 aliphatic carbocycles. The van der Waals surface area contributed by atoms with E-state index in [0.29, 0.717) is 6.61 Å². The topological polar surface area (TPSA) is 57.4 Å². The highest BCUT2D eigenvalue weighted by Gasteiger charge is 2.05. The zero-order valence-electron chi connectivity index (χ0n) is 15.4. The maximum atomic E-state index is 11.4. The van der Waals surface area contributed by atoms with Crippen LogP contribution in [-0.4, -0.2) is 36.1 Å². The molecule has 2 rings (SSSR count). The van der Waals surface area contributed by atoms with Crippen molar-refractivity contribution in [2.75, 3.05) is 26.2 Å². The van der Waals surface area contributed by atoms with Gasteiger partial charge < -0.3 is 19.9 Å². The summed E-state index contributed by atoms with van der Waals surface area (Å²) < 4.78 is 5.80. The van der Waals surface area contributed by atoms with Crippen LogP contribution in [0.1, 0.15) is 37.9 Å². The van der Waals surface area contributed by atoms with E-state index in [0.717, 1.165) is 37.5 Å². The Balaban J connectivity index is 1.79. The molecule has 0 amide bonds. The van der Waals surface area contributed by atoms with Crippen molar-refractivity contribution in [3.8, 4) is 5.75 Å². The highest BCUT2D eigenvalue weighted by molar-refractivity contribution is 5.27. The average molecular weight is 343 g/mol. The molecule has 5 nitrogen and oxygen atoms in total. The summed E-state index contributed by atoms with van der Waals surface area (Å²) in [5, 5.41) is 3.43. The highest BCUT2D eigenvalue weighted by atomic mass is 16.5. The second-order valence-corrected chi connectivity index (χ2v) is 6.11. The number of pyridine rings is 1. The van der Waals surface area contributed by atoms with Gasteiger partial charge in [0.25, 0.3) is 0 Å². The van der Waals surface area contributed by atoms with Crippen molar-refractivity contribution in [2.45, 2.75) is 33.4 Å². The van der Waals surface area contributed by atoms with Crippen LogP contribution in [0.5, 0.6) is 5.75 Å². The van der Waals surface area contributed by atoms with Crippen LogP contribution in [0.2, 0.25) is 0 Å². The number of aromatic amines is 1. The minimum atomic E-state index is -0.0719. The molecule has 1 atom stereocenters. The fourth-order valence-electron chi connectivity index (χ4n) is 2.66. The van der Waals surface area contributed by atoms with Gasteiger partial charge in [0, 0.05) is 31.4 Å². The summed E-state index contributed by atoms with van der Waals surface area (Å²) in [6.07, 6.45) is 1.68. The van der Waals surface area contributed by atoms with E-state index in [2.05, 4.69) is 48.1 Å². The van der Waals surface area contributed by atoms with E-state index in [1.54, 1.807) is 12.3 Å². The molecule has 136 valence electrons. The summed E-state index contributed by atoms with van der Waals surface area (Å²) in [6.45, 7) is 10.9. The maximum absolute atomic E-state index is 11.4. The van der Waals surface area contributed by atoms with E-state index in [1.165, 1.54) is 5.56 Å². The van der Waals surface area contributed by atoms with E-state index in [9.17, 15) is 4.79 Å². The molecule has 1 unspecified atom stereocenters. The first kappa shape index (κ1) is 19.2. The Morgan fingerprint density at radius 2 is 1.88 bits per heavy atom. The molecule has 1 aromatic heterocycles. The monoisotopic (exact) mass is 343 g/mol. The molecule has 0 saturated carbocycles. The summed E-state index contributed by atoms with van der Waals surface area (Å²) in [7, 11) is 0. The third kappa shape index (κ3) is 6.36. The van der Waals surface area contributed by atoms with E-state index >= 15 is 0 Å². The van der Waals surface area contributed by atoms with Gasteiger partial charge >= 0.3 is 0 Å². The lowest BCUT2D eigenvalue weighted by molar-refractivity contribution is 0.223. The van der Waals surface area contributed by atoms with E-state index in [4.69, 9.17) is 4.74 Å². The molecule has 5 heteroatoms. The lowest BCUT2D eigenvalue weighted by Crippen LogP contribution is -2.27. The predicted molar refractivity (Wildman–Crippen MR) is 102 cm³/mol. The number of H-pyrrole nitrogens is 1. The molecule has 0 fully saturated rings. The van der Waals surface area contributed by atoms with Crippen LogP contribution in [0, 0.1) is 0 Å². The molecule has 0 spiro atoms. The van der Waals surface area contributed by atoms with Crippen LogP contribution in [-0.2, 0) is 6.54 Å². The summed E-state index contributed by atoms with van der Waals surface area (Å²) in [5.74, 6) is 0.901. The van der Waals surface area contributed by atoms with Crippen molar-refractivity contribution in [2.24, 2.45) is 0 Å². The van der Waals surface area contributed by atoms with Crippen molar-refractivity contribution in [3.63, 3.8) is 0 Å². The van der Waals surface area contributed by atoms with Gasteiger partial charge in [-0.05, 0) is 49.3 Å². The average Bonchev–Trinajstić information content (AvgIpc) is 2.64.